The van der Waals surface area contributed by atoms with Crippen molar-refractivity contribution in [2.24, 2.45) is 0 Å². The number of benzene rings is 2. The van der Waals surface area contributed by atoms with E-state index in [1.807, 2.05) is 24.3 Å². The molecule has 0 fully saturated rings. The number of phenolic OH excluding ortho intramolecular Hbond substituents is 1. The predicted octanol–water partition coefficient (Wildman–Crippen LogP) is 4.10. The maximum atomic E-state index is 10.2. The van der Waals surface area contributed by atoms with Gasteiger partial charge < -0.3 is 5.11 Å². The van der Waals surface area contributed by atoms with Crippen molar-refractivity contribution < 1.29 is 5.11 Å². The number of hydrogen-bond acceptors (Lipinski definition) is 5. The van der Waals surface area contributed by atoms with Gasteiger partial charge in [0, 0.05) is 0 Å². The Bertz CT molecular complexity index is 924. The minimum Gasteiger partial charge on any atom is -0.507 e. The molecule has 1 aromatic heterocycles. The summed E-state index contributed by atoms with van der Waals surface area (Å²) in [6.07, 6.45) is 1.43. The van der Waals surface area contributed by atoms with Crippen LogP contribution in [-0.2, 0) is 0 Å². The van der Waals surface area contributed by atoms with Crippen molar-refractivity contribution >= 4 is 27.6 Å². The van der Waals surface area contributed by atoms with E-state index in [1.54, 1.807) is 24.3 Å². The maximum Gasteiger partial charge on any atom is 0.130 e. The molecule has 0 saturated heterocycles. The first-order valence-corrected chi connectivity index (χ1v) is 7.24. The average Bonchev–Trinajstić information content (AvgIpc) is 2.96. The zero-order chi connectivity index (χ0) is 15.5. The number of allylic oxidation sites excluding steroid dienone is 1. The topological polar surface area (TPSA) is 80.7 Å². The van der Waals surface area contributed by atoms with Gasteiger partial charge in [-0.1, -0.05) is 18.2 Å². The van der Waals surface area contributed by atoms with Crippen molar-refractivity contribution in [1.82, 2.24) is 4.98 Å². The molecule has 0 atom stereocenters. The number of phenols is 1. The van der Waals surface area contributed by atoms with Crippen LogP contribution in [-0.4, -0.2) is 10.1 Å². The van der Waals surface area contributed by atoms with E-state index in [0.717, 1.165) is 15.2 Å². The van der Waals surface area contributed by atoms with Crippen molar-refractivity contribution in [3.8, 4) is 28.5 Å². The number of thiazole rings is 1. The predicted molar refractivity (Wildman–Crippen MR) is 85.9 cm³/mol. The van der Waals surface area contributed by atoms with Crippen LogP contribution in [0.5, 0.6) is 5.75 Å². The first-order valence-electron chi connectivity index (χ1n) is 6.42. The van der Waals surface area contributed by atoms with Crippen molar-refractivity contribution in [1.29, 1.82) is 10.5 Å². The number of rotatable bonds is 2. The number of nitriles is 2. The highest BCUT2D eigenvalue weighted by Gasteiger charge is 2.10. The third-order valence-corrected chi connectivity index (χ3v) is 4.17. The van der Waals surface area contributed by atoms with E-state index >= 15 is 0 Å². The second-order valence-electron chi connectivity index (χ2n) is 4.54. The van der Waals surface area contributed by atoms with Gasteiger partial charge in [0.05, 0.1) is 15.8 Å². The Kier molecular flexibility index (Phi) is 3.57. The normalized spacial score (nSPS) is 9.91. The molecule has 3 aromatic rings. The summed E-state index contributed by atoms with van der Waals surface area (Å²) in [6, 6.07) is 16.4. The van der Waals surface area contributed by atoms with Crippen LogP contribution in [0.15, 0.2) is 48.0 Å². The first kappa shape index (κ1) is 13.8. The number of nitrogens with zero attached hydrogens (tertiary/aromatic N) is 3. The van der Waals surface area contributed by atoms with E-state index in [9.17, 15) is 5.11 Å². The van der Waals surface area contributed by atoms with Gasteiger partial charge in [0.2, 0.25) is 0 Å². The summed E-state index contributed by atoms with van der Waals surface area (Å²) in [7, 11) is 0. The number of hydrogen-bond donors (Lipinski definition) is 1. The van der Waals surface area contributed by atoms with Crippen LogP contribution in [0.3, 0.4) is 0 Å². The third-order valence-electron chi connectivity index (χ3n) is 3.10. The Morgan fingerprint density at radius 2 is 1.91 bits per heavy atom. The summed E-state index contributed by atoms with van der Waals surface area (Å²) in [5.74, 6) is 0.0723. The van der Waals surface area contributed by atoms with Crippen molar-refractivity contribution in [3.05, 3.63) is 53.6 Å². The number of para-hydroxylation sites is 1. The summed E-state index contributed by atoms with van der Waals surface area (Å²) in [5, 5.41) is 28.4. The van der Waals surface area contributed by atoms with E-state index in [1.165, 1.54) is 23.5 Å². The van der Waals surface area contributed by atoms with E-state index in [2.05, 4.69) is 4.98 Å². The molecule has 0 spiro atoms. The van der Waals surface area contributed by atoms with Gasteiger partial charge in [0.1, 0.15) is 28.5 Å². The lowest BCUT2D eigenvalue weighted by Crippen LogP contribution is -1.81. The fraction of sp³-hybridized carbons (Fsp3) is 0. The summed E-state index contributed by atoms with van der Waals surface area (Å²) < 4.78 is 1.05. The Morgan fingerprint density at radius 3 is 2.59 bits per heavy atom. The summed E-state index contributed by atoms with van der Waals surface area (Å²) in [6.45, 7) is 0. The molecule has 0 aliphatic rings. The molecule has 0 radical (unpaired) electrons. The molecular weight excluding hydrogens is 294 g/mol. The lowest BCUT2D eigenvalue weighted by molar-refractivity contribution is 0.477. The lowest BCUT2D eigenvalue weighted by Gasteiger charge is -2.02. The molecule has 0 unspecified atom stereocenters. The smallest absolute Gasteiger partial charge is 0.130 e. The molecular formula is C17H9N3OS. The fourth-order valence-corrected chi connectivity index (χ4v) is 3.06. The molecule has 3 rings (SSSR count). The minimum atomic E-state index is -0.00728. The molecule has 0 saturated carbocycles. The number of fused-ring (bicyclic) bond motifs is 1. The van der Waals surface area contributed by atoms with Gasteiger partial charge in [-0.3, -0.25) is 0 Å². The second kappa shape index (κ2) is 5.69. The highest BCUT2D eigenvalue weighted by molar-refractivity contribution is 7.21. The van der Waals surface area contributed by atoms with Gasteiger partial charge in [-0.2, -0.15) is 10.5 Å². The molecule has 2 aromatic carbocycles. The molecule has 4 nitrogen and oxygen atoms in total. The van der Waals surface area contributed by atoms with Gasteiger partial charge in [-0.15, -0.1) is 11.3 Å². The van der Waals surface area contributed by atoms with E-state index in [-0.39, 0.29) is 11.3 Å². The zero-order valence-electron chi connectivity index (χ0n) is 11.3. The molecule has 1 N–H and O–H groups in total. The van der Waals surface area contributed by atoms with Crippen LogP contribution >= 0.6 is 11.3 Å². The summed E-state index contributed by atoms with van der Waals surface area (Å²) >= 11 is 1.50. The lowest BCUT2D eigenvalue weighted by atomic mass is 10.1. The molecule has 0 aliphatic heterocycles. The van der Waals surface area contributed by atoms with Crippen LogP contribution < -0.4 is 0 Å². The van der Waals surface area contributed by atoms with Gasteiger partial charge in [-0.05, 0) is 35.9 Å². The van der Waals surface area contributed by atoms with E-state index < -0.39 is 0 Å². The van der Waals surface area contributed by atoms with Crippen molar-refractivity contribution in [2.45, 2.75) is 0 Å². The van der Waals surface area contributed by atoms with Gasteiger partial charge in [0.15, 0.2) is 0 Å². The summed E-state index contributed by atoms with van der Waals surface area (Å²) in [5.41, 5.74) is 2.11. The van der Waals surface area contributed by atoms with Crippen molar-refractivity contribution in [3.63, 3.8) is 0 Å². The van der Waals surface area contributed by atoms with Gasteiger partial charge >= 0.3 is 0 Å². The molecule has 1 heterocycles. The molecule has 0 amide bonds. The highest BCUT2D eigenvalue weighted by atomic mass is 32.1. The van der Waals surface area contributed by atoms with Gasteiger partial charge in [-0.25, -0.2) is 4.98 Å². The molecule has 0 bridgehead atoms. The fourth-order valence-electron chi connectivity index (χ4n) is 2.06. The molecule has 5 heteroatoms. The Morgan fingerprint density at radius 1 is 1.14 bits per heavy atom. The SMILES string of the molecule is N#CC(C#N)=Cc1ccc(-c2nc3ccccc3s2)c(O)c1. The van der Waals surface area contributed by atoms with Gasteiger partial charge in [0.25, 0.3) is 0 Å². The molecule has 0 aliphatic carbocycles. The zero-order valence-corrected chi connectivity index (χ0v) is 12.1. The quantitative estimate of drug-likeness (QED) is 0.723. The number of aromatic hydroxyl groups is 1. The molecule has 22 heavy (non-hydrogen) atoms. The van der Waals surface area contributed by atoms with E-state index in [0.29, 0.717) is 11.1 Å². The average molecular weight is 303 g/mol. The monoisotopic (exact) mass is 303 g/mol. The number of aromatic nitrogens is 1. The van der Waals surface area contributed by atoms with Crippen LogP contribution in [0.25, 0.3) is 26.9 Å². The van der Waals surface area contributed by atoms with Crippen LogP contribution in [0.1, 0.15) is 5.56 Å². The molecule has 104 valence electrons. The van der Waals surface area contributed by atoms with Crippen LogP contribution in [0.4, 0.5) is 0 Å². The van der Waals surface area contributed by atoms with Crippen LogP contribution in [0, 0.1) is 22.7 Å². The first-order chi connectivity index (χ1) is 10.7. The van der Waals surface area contributed by atoms with E-state index in [4.69, 9.17) is 10.5 Å². The Hall–Kier alpha value is -3.15. The maximum absolute atomic E-state index is 10.2. The minimum absolute atomic E-state index is 0.00728. The van der Waals surface area contributed by atoms with Crippen LogP contribution in [0.2, 0.25) is 0 Å². The Labute approximate surface area is 130 Å². The summed E-state index contributed by atoms with van der Waals surface area (Å²) in [4.78, 5) is 4.51. The largest absolute Gasteiger partial charge is 0.507 e. The standard InChI is InChI=1S/C17H9N3OS/c18-9-12(10-19)7-11-5-6-13(15(21)8-11)17-20-14-3-1-2-4-16(14)22-17/h1-8,21H. The highest BCUT2D eigenvalue weighted by Crippen LogP contribution is 2.35. The third kappa shape index (κ3) is 2.54. The Balaban J connectivity index is 2.04. The second-order valence-corrected chi connectivity index (χ2v) is 5.58. The van der Waals surface area contributed by atoms with Crippen molar-refractivity contribution in [2.75, 3.05) is 0 Å².